The van der Waals surface area contributed by atoms with Crippen LogP contribution in [0.5, 0.6) is 0 Å². The molecule has 0 atom stereocenters. The number of nitrogens with one attached hydrogen (secondary N) is 1. The second kappa shape index (κ2) is 5.08. The van der Waals surface area contributed by atoms with Gasteiger partial charge in [0.25, 0.3) is 0 Å². The first-order valence-corrected chi connectivity index (χ1v) is 2.15. The first-order chi connectivity index (χ1) is 3.80. The molecule has 1 rings (SSSR count). The van der Waals surface area contributed by atoms with E-state index in [1.165, 1.54) is 4.68 Å². The zero-order valence-electron chi connectivity index (χ0n) is 5.02. The van der Waals surface area contributed by atoms with Crippen molar-refractivity contribution in [1.29, 1.82) is 5.41 Å². The SMILES string of the molecule is Cl.Cl.N=C(N)n1cccn1. The van der Waals surface area contributed by atoms with E-state index in [1.54, 1.807) is 18.5 Å². The number of nitrogen functional groups attached to an aromatic ring is 1. The van der Waals surface area contributed by atoms with Gasteiger partial charge in [-0.15, -0.1) is 24.8 Å². The molecular formula is C4H8Cl2N4. The van der Waals surface area contributed by atoms with Gasteiger partial charge in [-0.1, -0.05) is 0 Å². The van der Waals surface area contributed by atoms with Crippen molar-refractivity contribution in [2.24, 2.45) is 5.73 Å². The predicted molar refractivity (Wildman–Crippen MR) is 44.0 cm³/mol. The summed E-state index contributed by atoms with van der Waals surface area (Å²) < 4.78 is 1.28. The van der Waals surface area contributed by atoms with E-state index in [0.717, 1.165) is 0 Å². The van der Waals surface area contributed by atoms with Gasteiger partial charge in [-0.05, 0) is 6.07 Å². The molecule has 0 saturated heterocycles. The summed E-state index contributed by atoms with van der Waals surface area (Å²) in [5.41, 5.74) is 5.04. The molecule has 0 bridgehead atoms. The van der Waals surface area contributed by atoms with Crippen LogP contribution in [0.1, 0.15) is 0 Å². The van der Waals surface area contributed by atoms with Crippen LogP contribution < -0.4 is 5.73 Å². The van der Waals surface area contributed by atoms with Crippen molar-refractivity contribution in [2.75, 3.05) is 0 Å². The van der Waals surface area contributed by atoms with Crippen LogP contribution in [0.3, 0.4) is 0 Å². The van der Waals surface area contributed by atoms with E-state index < -0.39 is 0 Å². The zero-order chi connectivity index (χ0) is 5.98. The Kier molecular flexibility index (Phi) is 6.09. The van der Waals surface area contributed by atoms with Crippen LogP contribution in [0, 0.1) is 5.41 Å². The average molecular weight is 183 g/mol. The fourth-order valence-electron chi connectivity index (χ4n) is 0.411. The normalized spacial score (nSPS) is 7.20. The first kappa shape index (κ1) is 12.0. The molecule has 3 N–H and O–H groups in total. The van der Waals surface area contributed by atoms with Crippen molar-refractivity contribution >= 4 is 30.8 Å². The Morgan fingerprint density at radius 3 is 2.30 bits per heavy atom. The molecule has 1 heterocycles. The first-order valence-electron chi connectivity index (χ1n) is 2.15. The number of aromatic nitrogens is 2. The summed E-state index contributed by atoms with van der Waals surface area (Å²) in [5, 5.41) is 10.5. The van der Waals surface area contributed by atoms with Crippen LogP contribution in [-0.2, 0) is 0 Å². The van der Waals surface area contributed by atoms with Crippen LogP contribution >= 0.6 is 24.8 Å². The van der Waals surface area contributed by atoms with Crippen LogP contribution in [0.4, 0.5) is 0 Å². The Morgan fingerprint density at radius 1 is 1.50 bits per heavy atom. The fraction of sp³-hybridized carbons (Fsp3) is 0. The van der Waals surface area contributed by atoms with Crippen molar-refractivity contribution in [2.45, 2.75) is 0 Å². The maximum absolute atomic E-state index is 6.83. The zero-order valence-corrected chi connectivity index (χ0v) is 6.65. The average Bonchev–Trinajstić information content (AvgIpc) is 2.12. The highest BCUT2D eigenvalue weighted by Crippen LogP contribution is 1.77. The molecule has 4 nitrogen and oxygen atoms in total. The third-order valence-corrected chi connectivity index (χ3v) is 0.751. The number of nitrogens with two attached hydrogens (primary N) is 1. The maximum atomic E-state index is 6.83. The topological polar surface area (TPSA) is 67.7 Å². The van der Waals surface area contributed by atoms with E-state index in [4.69, 9.17) is 11.1 Å². The molecule has 1 aromatic rings. The van der Waals surface area contributed by atoms with Gasteiger partial charge in [0, 0.05) is 12.4 Å². The van der Waals surface area contributed by atoms with E-state index >= 15 is 0 Å². The monoisotopic (exact) mass is 182 g/mol. The van der Waals surface area contributed by atoms with E-state index in [2.05, 4.69) is 5.10 Å². The fourth-order valence-corrected chi connectivity index (χ4v) is 0.411. The standard InChI is InChI=1S/C4H6N4.2ClH/c5-4(6)8-3-1-2-7-8;;/h1-3H,(H3,5,6);2*1H. The maximum Gasteiger partial charge on any atom is 0.213 e. The molecule has 6 heteroatoms. The summed E-state index contributed by atoms with van der Waals surface area (Å²) in [6.45, 7) is 0. The van der Waals surface area contributed by atoms with E-state index in [9.17, 15) is 0 Å². The minimum atomic E-state index is -0.0602. The van der Waals surface area contributed by atoms with Crippen LogP contribution in [0.2, 0.25) is 0 Å². The summed E-state index contributed by atoms with van der Waals surface area (Å²) in [5.74, 6) is -0.0602. The van der Waals surface area contributed by atoms with Gasteiger partial charge in [0.1, 0.15) is 0 Å². The molecule has 0 aliphatic carbocycles. The lowest BCUT2D eigenvalue weighted by Crippen LogP contribution is -2.20. The van der Waals surface area contributed by atoms with E-state index in [0.29, 0.717) is 0 Å². The molecule has 0 aliphatic heterocycles. The summed E-state index contributed by atoms with van der Waals surface area (Å²) in [7, 11) is 0. The number of hydrogen-bond acceptors (Lipinski definition) is 2. The lowest BCUT2D eigenvalue weighted by atomic mass is 10.7. The second-order valence-corrected chi connectivity index (χ2v) is 1.34. The Balaban J connectivity index is 0. The number of halogens is 2. The Labute approximate surface area is 70.7 Å². The molecule has 0 fully saturated rings. The lowest BCUT2D eigenvalue weighted by Gasteiger charge is -1.91. The molecule has 0 saturated carbocycles. The van der Waals surface area contributed by atoms with Crippen LogP contribution in [0.15, 0.2) is 18.5 Å². The number of hydrogen-bond donors (Lipinski definition) is 2. The van der Waals surface area contributed by atoms with Crippen molar-refractivity contribution in [3.05, 3.63) is 18.5 Å². The predicted octanol–water partition coefficient (Wildman–Crippen LogP) is 0.468. The summed E-state index contributed by atoms with van der Waals surface area (Å²) in [4.78, 5) is 0. The van der Waals surface area contributed by atoms with Crippen LogP contribution in [0.25, 0.3) is 0 Å². The Morgan fingerprint density at radius 2 is 2.10 bits per heavy atom. The Bertz CT molecular complexity index is 183. The third kappa shape index (κ3) is 2.70. The number of rotatable bonds is 0. The van der Waals surface area contributed by atoms with Crippen molar-refractivity contribution in [3.63, 3.8) is 0 Å². The lowest BCUT2D eigenvalue weighted by molar-refractivity contribution is 0.912. The summed E-state index contributed by atoms with van der Waals surface area (Å²) in [6.07, 6.45) is 3.18. The molecule has 1 aromatic heterocycles. The summed E-state index contributed by atoms with van der Waals surface area (Å²) >= 11 is 0. The highest BCUT2D eigenvalue weighted by atomic mass is 35.5. The quantitative estimate of drug-likeness (QED) is 0.453. The van der Waals surface area contributed by atoms with Crippen molar-refractivity contribution < 1.29 is 0 Å². The van der Waals surface area contributed by atoms with Gasteiger partial charge in [0.15, 0.2) is 0 Å². The largest absolute Gasteiger partial charge is 0.368 e. The number of nitrogens with zero attached hydrogens (tertiary/aromatic N) is 2. The molecule has 0 amide bonds. The molecule has 0 aromatic carbocycles. The molecule has 10 heavy (non-hydrogen) atoms. The van der Waals surface area contributed by atoms with Gasteiger partial charge in [0.2, 0.25) is 5.96 Å². The minimum absolute atomic E-state index is 0. The van der Waals surface area contributed by atoms with Gasteiger partial charge in [-0.25, -0.2) is 4.68 Å². The molecule has 0 aliphatic rings. The Hall–Kier alpha value is -0.740. The van der Waals surface area contributed by atoms with E-state index in [-0.39, 0.29) is 30.8 Å². The molecule has 0 spiro atoms. The van der Waals surface area contributed by atoms with E-state index in [1.807, 2.05) is 0 Å². The summed E-state index contributed by atoms with van der Waals surface area (Å²) in [6, 6.07) is 1.71. The highest BCUT2D eigenvalue weighted by molar-refractivity contribution is 5.85. The third-order valence-electron chi connectivity index (χ3n) is 0.751. The highest BCUT2D eigenvalue weighted by Gasteiger charge is 1.87. The van der Waals surface area contributed by atoms with Gasteiger partial charge in [-0.2, -0.15) is 5.10 Å². The molecule has 0 unspecified atom stereocenters. The van der Waals surface area contributed by atoms with Gasteiger partial charge >= 0.3 is 0 Å². The smallest absolute Gasteiger partial charge is 0.213 e. The molecule has 58 valence electrons. The minimum Gasteiger partial charge on any atom is -0.368 e. The van der Waals surface area contributed by atoms with Crippen molar-refractivity contribution in [1.82, 2.24) is 9.78 Å². The van der Waals surface area contributed by atoms with Gasteiger partial charge in [-0.3, -0.25) is 5.41 Å². The molecule has 0 radical (unpaired) electrons. The second-order valence-electron chi connectivity index (χ2n) is 1.34. The van der Waals surface area contributed by atoms with Crippen molar-refractivity contribution in [3.8, 4) is 0 Å². The van der Waals surface area contributed by atoms with Crippen LogP contribution in [-0.4, -0.2) is 15.7 Å². The van der Waals surface area contributed by atoms with Gasteiger partial charge in [0.05, 0.1) is 0 Å². The molecular weight excluding hydrogens is 175 g/mol. The van der Waals surface area contributed by atoms with Gasteiger partial charge < -0.3 is 5.73 Å².